The molecule has 0 saturated carbocycles. The third-order valence-electron chi connectivity index (χ3n) is 5.12. The highest BCUT2D eigenvalue weighted by atomic mass is 16.6. The van der Waals surface area contributed by atoms with E-state index in [4.69, 9.17) is 14.2 Å². The second-order valence-corrected chi connectivity index (χ2v) is 6.65. The smallest absolute Gasteiger partial charge is 0.194 e. The van der Waals surface area contributed by atoms with E-state index in [1.54, 1.807) is 14.2 Å². The summed E-state index contributed by atoms with van der Waals surface area (Å²) in [6.45, 7) is 0. The van der Waals surface area contributed by atoms with Crippen molar-refractivity contribution < 1.29 is 19.0 Å². The average Bonchev–Trinajstić information content (AvgIpc) is 3.47. The third kappa shape index (κ3) is 3.02. The molecule has 4 nitrogen and oxygen atoms in total. The molecule has 1 fully saturated rings. The predicted octanol–water partition coefficient (Wildman–Crippen LogP) is 3.91. The number of epoxide rings is 1. The van der Waals surface area contributed by atoms with Gasteiger partial charge >= 0.3 is 0 Å². The number of rotatable bonds is 5. The molecule has 0 N–H and O–H groups in total. The largest absolute Gasteiger partial charge is 0.493 e. The van der Waals surface area contributed by atoms with Crippen molar-refractivity contribution in [2.45, 2.75) is 37.9 Å². The van der Waals surface area contributed by atoms with Crippen LogP contribution in [0, 0.1) is 0 Å². The van der Waals surface area contributed by atoms with Crippen LogP contribution in [0.3, 0.4) is 0 Å². The molecule has 4 rings (SSSR count). The lowest BCUT2D eigenvalue weighted by molar-refractivity contribution is 0.0953. The summed E-state index contributed by atoms with van der Waals surface area (Å²) in [7, 11) is 3.21. The van der Waals surface area contributed by atoms with E-state index in [-0.39, 0.29) is 11.9 Å². The number of hydrogen-bond acceptors (Lipinski definition) is 4. The van der Waals surface area contributed by atoms with Gasteiger partial charge in [-0.15, -0.1) is 0 Å². The lowest BCUT2D eigenvalue weighted by Gasteiger charge is -2.16. The number of ether oxygens (including phenoxy) is 3. The maximum Gasteiger partial charge on any atom is 0.194 e. The SMILES string of the molecule is COc1ccc([C@@H]2O[C@H]2C(=O)c2ccc3c(c2)CCCC3)cc1OC. The molecule has 2 aromatic rings. The minimum absolute atomic E-state index is 0.0631. The molecular weight excluding hydrogens is 316 g/mol. The second-order valence-electron chi connectivity index (χ2n) is 6.65. The van der Waals surface area contributed by atoms with Crippen molar-refractivity contribution in [1.82, 2.24) is 0 Å². The van der Waals surface area contributed by atoms with E-state index in [0.717, 1.165) is 24.0 Å². The van der Waals surface area contributed by atoms with Crippen molar-refractivity contribution in [3.8, 4) is 11.5 Å². The van der Waals surface area contributed by atoms with E-state index in [1.165, 1.54) is 24.0 Å². The van der Waals surface area contributed by atoms with Crippen LogP contribution < -0.4 is 9.47 Å². The van der Waals surface area contributed by atoms with E-state index >= 15 is 0 Å². The number of carbonyl (C=O) groups excluding carboxylic acids is 1. The van der Waals surface area contributed by atoms with E-state index in [2.05, 4.69) is 12.1 Å². The highest BCUT2D eigenvalue weighted by molar-refractivity contribution is 6.01. The molecule has 1 aliphatic heterocycles. The van der Waals surface area contributed by atoms with Crippen LogP contribution in [-0.2, 0) is 17.6 Å². The summed E-state index contributed by atoms with van der Waals surface area (Å²) in [5, 5.41) is 0. The molecule has 4 heteroatoms. The first kappa shape index (κ1) is 16.2. The maximum atomic E-state index is 12.8. The summed E-state index contributed by atoms with van der Waals surface area (Å²) in [6, 6.07) is 11.8. The molecular formula is C21H22O4. The second kappa shape index (κ2) is 6.52. The molecule has 2 aliphatic rings. The van der Waals surface area contributed by atoms with Gasteiger partial charge in [-0.2, -0.15) is 0 Å². The number of ketones is 1. The Bertz CT molecular complexity index is 812. The van der Waals surface area contributed by atoms with Crippen molar-refractivity contribution in [2.75, 3.05) is 14.2 Å². The molecule has 2 aromatic carbocycles. The number of methoxy groups -OCH3 is 2. The van der Waals surface area contributed by atoms with Gasteiger partial charge in [0, 0.05) is 5.56 Å². The zero-order valence-electron chi connectivity index (χ0n) is 14.6. The van der Waals surface area contributed by atoms with Gasteiger partial charge in [0.2, 0.25) is 0 Å². The molecule has 0 bridgehead atoms. The van der Waals surface area contributed by atoms with Gasteiger partial charge in [0.05, 0.1) is 14.2 Å². The standard InChI is InChI=1S/C21H22O4/c1-23-17-10-9-16(12-18(17)24-2)20-21(25-20)19(22)15-8-7-13-5-3-4-6-14(13)11-15/h7-12,20-21H,3-6H2,1-2H3/t20-,21-/m0/s1. The summed E-state index contributed by atoms with van der Waals surface area (Å²) in [4.78, 5) is 12.8. The molecule has 1 saturated heterocycles. The molecule has 0 spiro atoms. The Balaban J connectivity index is 1.52. The fourth-order valence-corrected chi connectivity index (χ4v) is 3.65. The van der Waals surface area contributed by atoms with Crippen LogP contribution in [0.15, 0.2) is 36.4 Å². The quantitative estimate of drug-likeness (QED) is 0.613. The predicted molar refractivity (Wildman–Crippen MR) is 94.6 cm³/mol. The Labute approximate surface area is 147 Å². The Hall–Kier alpha value is -2.33. The first-order chi connectivity index (χ1) is 12.2. The fourth-order valence-electron chi connectivity index (χ4n) is 3.65. The number of benzene rings is 2. The third-order valence-corrected chi connectivity index (χ3v) is 5.12. The average molecular weight is 338 g/mol. The van der Waals surface area contributed by atoms with Crippen LogP contribution in [0.25, 0.3) is 0 Å². The number of hydrogen-bond donors (Lipinski definition) is 0. The minimum atomic E-state index is -0.403. The van der Waals surface area contributed by atoms with E-state index in [0.29, 0.717) is 11.5 Å². The van der Waals surface area contributed by atoms with Gasteiger partial charge < -0.3 is 14.2 Å². The van der Waals surface area contributed by atoms with Crippen molar-refractivity contribution >= 4 is 5.78 Å². The number of aryl methyl sites for hydroxylation is 2. The van der Waals surface area contributed by atoms with Gasteiger partial charge in [-0.1, -0.05) is 18.2 Å². The van der Waals surface area contributed by atoms with Crippen LogP contribution in [0.4, 0.5) is 0 Å². The molecule has 0 aromatic heterocycles. The summed E-state index contributed by atoms with van der Waals surface area (Å²) < 4.78 is 16.3. The molecule has 0 radical (unpaired) electrons. The van der Waals surface area contributed by atoms with Crippen LogP contribution >= 0.6 is 0 Å². The Morgan fingerprint density at radius 2 is 1.72 bits per heavy atom. The highest BCUT2D eigenvalue weighted by Crippen LogP contribution is 2.43. The highest BCUT2D eigenvalue weighted by Gasteiger charge is 2.46. The first-order valence-corrected chi connectivity index (χ1v) is 8.74. The van der Waals surface area contributed by atoms with Crippen molar-refractivity contribution in [3.63, 3.8) is 0 Å². The Kier molecular flexibility index (Phi) is 4.22. The van der Waals surface area contributed by atoms with E-state index < -0.39 is 6.10 Å². The normalized spacial score (nSPS) is 21.4. The monoisotopic (exact) mass is 338 g/mol. The van der Waals surface area contributed by atoms with Gasteiger partial charge in [-0.25, -0.2) is 0 Å². The van der Waals surface area contributed by atoms with Crippen molar-refractivity contribution in [1.29, 1.82) is 0 Å². The first-order valence-electron chi connectivity index (χ1n) is 8.74. The summed E-state index contributed by atoms with van der Waals surface area (Å²) in [6.07, 6.45) is 4.04. The molecule has 25 heavy (non-hydrogen) atoms. The fraction of sp³-hybridized carbons (Fsp3) is 0.381. The molecule has 0 amide bonds. The summed E-state index contributed by atoms with van der Waals surface area (Å²) >= 11 is 0. The summed E-state index contributed by atoms with van der Waals surface area (Å²) in [5.41, 5.74) is 4.40. The molecule has 1 heterocycles. The molecule has 1 aliphatic carbocycles. The lowest BCUT2D eigenvalue weighted by Crippen LogP contribution is -2.11. The number of fused-ring (bicyclic) bond motifs is 1. The van der Waals surface area contributed by atoms with Crippen molar-refractivity contribution in [2.24, 2.45) is 0 Å². The zero-order valence-corrected chi connectivity index (χ0v) is 14.6. The zero-order chi connectivity index (χ0) is 17.4. The van der Waals surface area contributed by atoms with Gasteiger partial charge in [0.15, 0.2) is 23.4 Å². The maximum absolute atomic E-state index is 12.8. The van der Waals surface area contributed by atoms with Crippen molar-refractivity contribution in [3.05, 3.63) is 58.7 Å². The van der Waals surface area contributed by atoms with Crippen LogP contribution in [0.2, 0.25) is 0 Å². The van der Waals surface area contributed by atoms with Crippen LogP contribution in [0.5, 0.6) is 11.5 Å². The van der Waals surface area contributed by atoms with E-state index in [9.17, 15) is 4.79 Å². The van der Waals surface area contributed by atoms with Gasteiger partial charge in [-0.3, -0.25) is 4.79 Å². The van der Waals surface area contributed by atoms with Gasteiger partial charge in [0.25, 0.3) is 0 Å². The minimum Gasteiger partial charge on any atom is -0.493 e. The van der Waals surface area contributed by atoms with E-state index in [1.807, 2.05) is 24.3 Å². The lowest BCUT2D eigenvalue weighted by atomic mass is 9.89. The van der Waals surface area contributed by atoms with Crippen LogP contribution in [-0.4, -0.2) is 26.1 Å². The van der Waals surface area contributed by atoms with Gasteiger partial charge in [0.1, 0.15) is 6.10 Å². The molecule has 0 unspecified atom stereocenters. The number of Topliss-reactive ketones (excluding diaryl/α,β-unsaturated/α-hetero) is 1. The number of carbonyl (C=O) groups is 1. The Morgan fingerprint density at radius 3 is 2.48 bits per heavy atom. The van der Waals surface area contributed by atoms with Gasteiger partial charge in [-0.05, 0) is 60.6 Å². The Morgan fingerprint density at radius 1 is 0.960 bits per heavy atom. The summed E-state index contributed by atoms with van der Waals surface area (Å²) in [5.74, 6) is 1.38. The van der Waals surface area contributed by atoms with Crippen LogP contribution in [0.1, 0.15) is 46.0 Å². The molecule has 130 valence electrons. The topological polar surface area (TPSA) is 48.1 Å². The molecule has 2 atom stereocenters.